The van der Waals surface area contributed by atoms with Crippen LogP contribution in [-0.4, -0.2) is 11.2 Å². The van der Waals surface area contributed by atoms with Crippen molar-refractivity contribution in [3.05, 3.63) is 60.3 Å². The van der Waals surface area contributed by atoms with Crippen molar-refractivity contribution < 1.29 is 0 Å². The molecule has 2 rings (SSSR count). The molecule has 0 spiro atoms. The van der Waals surface area contributed by atoms with Crippen LogP contribution in [-0.2, 0) is 0 Å². The van der Waals surface area contributed by atoms with E-state index in [0.29, 0.717) is 0 Å². The van der Waals surface area contributed by atoms with Crippen molar-refractivity contribution >= 4 is 27.6 Å². The molecule has 1 aromatic carbocycles. The molecule has 0 aliphatic heterocycles. The quantitative estimate of drug-likeness (QED) is 0.737. The number of aryl methyl sites for hydroxylation is 1. The average Bonchev–Trinajstić information content (AvgIpc) is 2.36. The summed E-state index contributed by atoms with van der Waals surface area (Å²) in [4.78, 5) is 5.84. The lowest BCUT2D eigenvalue weighted by Crippen LogP contribution is -1.90. The molecule has 0 aliphatic rings. The summed E-state index contributed by atoms with van der Waals surface area (Å²) in [6.07, 6.45) is 5.86. The van der Waals surface area contributed by atoms with Crippen LogP contribution in [0, 0.1) is 6.92 Å². The lowest BCUT2D eigenvalue weighted by atomic mass is 10.1. The predicted molar refractivity (Wildman–Crippen MR) is 78.2 cm³/mol. The fourth-order valence-corrected chi connectivity index (χ4v) is 2.39. The van der Waals surface area contributed by atoms with E-state index >= 15 is 0 Å². The van der Waals surface area contributed by atoms with Gasteiger partial charge in [-0.15, -0.1) is 11.8 Å². The minimum absolute atomic E-state index is 1.02. The molecule has 0 amide bonds. The van der Waals surface area contributed by atoms with Gasteiger partial charge in [-0.05, 0) is 37.0 Å². The maximum Gasteiger partial charge on any atom is 0.0775 e. The standard InChI is InChI=1S/C15H15NS/c1-4-7-15(17-3)14-10-11(2)12-8-5-6-9-13(12)16-14/h4-10H,1H2,2-3H3/b15-7-. The number of hydrogen-bond acceptors (Lipinski definition) is 2. The van der Waals surface area contributed by atoms with E-state index in [1.807, 2.05) is 18.2 Å². The first kappa shape index (κ1) is 11.9. The molecule has 2 heteroatoms. The lowest BCUT2D eigenvalue weighted by Gasteiger charge is -2.07. The number of aromatic nitrogens is 1. The second kappa shape index (κ2) is 5.19. The van der Waals surface area contributed by atoms with Gasteiger partial charge in [0.15, 0.2) is 0 Å². The Morgan fingerprint density at radius 2 is 2.12 bits per heavy atom. The van der Waals surface area contributed by atoms with Gasteiger partial charge in [-0.1, -0.05) is 30.9 Å². The Balaban J connectivity index is 2.64. The number of pyridine rings is 1. The first-order valence-corrected chi connectivity index (χ1v) is 6.72. The molecule has 0 N–H and O–H groups in total. The Morgan fingerprint density at radius 1 is 1.35 bits per heavy atom. The molecule has 0 bridgehead atoms. The van der Waals surface area contributed by atoms with Gasteiger partial charge in [-0.2, -0.15) is 0 Å². The van der Waals surface area contributed by atoms with Gasteiger partial charge in [0.05, 0.1) is 11.2 Å². The summed E-state index contributed by atoms with van der Waals surface area (Å²) >= 11 is 1.69. The molecule has 17 heavy (non-hydrogen) atoms. The molecule has 86 valence electrons. The highest BCUT2D eigenvalue weighted by molar-refractivity contribution is 8.07. The van der Waals surface area contributed by atoms with Crippen LogP contribution < -0.4 is 0 Å². The Morgan fingerprint density at radius 3 is 2.82 bits per heavy atom. The van der Waals surface area contributed by atoms with Crippen LogP contribution >= 0.6 is 11.8 Å². The molecule has 1 nitrogen and oxygen atoms in total. The predicted octanol–water partition coefficient (Wildman–Crippen LogP) is 4.43. The smallest absolute Gasteiger partial charge is 0.0775 e. The first-order chi connectivity index (χ1) is 8.26. The number of fused-ring (bicyclic) bond motifs is 1. The van der Waals surface area contributed by atoms with E-state index in [9.17, 15) is 0 Å². The Labute approximate surface area is 106 Å². The normalized spacial score (nSPS) is 11.8. The van der Waals surface area contributed by atoms with Crippen LogP contribution in [0.25, 0.3) is 15.8 Å². The largest absolute Gasteiger partial charge is 0.247 e. The Bertz CT molecular complexity index is 584. The number of para-hydroxylation sites is 1. The van der Waals surface area contributed by atoms with Crippen molar-refractivity contribution in [2.75, 3.05) is 6.26 Å². The van der Waals surface area contributed by atoms with Crippen LogP contribution in [0.2, 0.25) is 0 Å². The van der Waals surface area contributed by atoms with E-state index in [2.05, 4.69) is 42.9 Å². The third-order valence-corrected chi connectivity index (χ3v) is 3.45. The summed E-state index contributed by atoms with van der Waals surface area (Å²) in [5, 5.41) is 1.22. The Hall–Kier alpha value is -1.54. The van der Waals surface area contributed by atoms with Crippen LogP contribution in [0.15, 0.2) is 49.1 Å². The third kappa shape index (κ3) is 2.42. The number of hydrogen-bond donors (Lipinski definition) is 0. The van der Waals surface area contributed by atoms with Gasteiger partial charge in [-0.3, -0.25) is 0 Å². The van der Waals surface area contributed by atoms with E-state index in [1.165, 1.54) is 10.9 Å². The van der Waals surface area contributed by atoms with Crippen molar-refractivity contribution in [2.45, 2.75) is 6.92 Å². The van der Waals surface area contributed by atoms with Crippen LogP contribution in [0.5, 0.6) is 0 Å². The van der Waals surface area contributed by atoms with Crippen LogP contribution in [0.1, 0.15) is 11.3 Å². The van der Waals surface area contributed by atoms with Gasteiger partial charge in [0.2, 0.25) is 0 Å². The minimum Gasteiger partial charge on any atom is -0.247 e. The van der Waals surface area contributed by atoms with E-state index in [0.717, 1.165) is 16.1 Å². The Kier molecular flexibility index (Phi) is 3.64. The van der Waals surface area contributed by atoms with Crippen molar-refractivity contribution in [3.63, 3.8) is 0 Å². The number of benzene rings is 1. The number of nitrogens with zero attached hydrogens (tertiary/aromatic N) is 1. The van der Waals surface area contributed by atoms with Crippen molar-refractivity contribution in [1.29, 1.82) is 0 Å². The minimum atomic E-state index is 1.02. The SMILES string of the molecule is C=C/C=C(\SC)c1cc(C)c2ccccc2n1. The van der Waals surface area contributed by atoms with Gasteiger partial charge >= 0.3 is 0 Å². The van der Waals surface area contributed by atoms with Gasteiger partial charge in [0, 0.05) is 10.3 Å². The molecule has 1 aromatic heterocycles. The van der Waals surface area contributed by atoms with E-state index in [4.69, 9.17) is 0 Å². The second-order valence-corrected chi connectivity index (χ2v) is 4.66. The zero-order chi connectivity index (χ0) is 12.3. The molecule has 2 aromatic rings. The summed E-state index contributed by atoms with van der Waals surface area (Å²) in [7, 11) is 0. The molecule has 1 heterocycles. The number of thioether (sulfide) groups is 1. The highest BCUT2D eigenvalue weighted by Gasteiger charge is 2.05. The summed E-state index contributed by atoms with van der Waals surface area (Å²) in [6, 6.07) is 10.4. The molecule has 0 radical (unpaired) electrons. The molecular formula is C15H15NS. The van der Waals surface area contributed by atoms with E-state index < -0.39 is 0 Å². The van der Waals surface area contributed by atoms with Gasteiger partial charge in [0.25, 0.3) is 0 Å². The average molecular weight is 241 g/mol. The van der Waals surface area contributed by atoms with Gasteiger partial charge < -0.3 is 0 Å². The zero-order valence-corrected chi connectivity index (χ0v) is 10.9. The first-order valence-electron chi connectivity index (χ1n) is 5.49. The molecule has 0 saturated heterocycles. The topological polar surface area (TPSA) is 12.9 Å². The monoisotopic (exact) mass is 241 g/mol. The fourth-order valence-electron chi connectivity index (χ4n) is 1.84. The maximum atomic E-state index is 4.69. The number of allylic oxidation sites excluding steroid dienone is 2. The van der Waals surface area contributed by atoms with Crippen LogP contribution in [0.4, 0.5) is 0 Å². The highest BCUT2D eigenvalue weighted by atomic mass is 32.2. The maximum absolute atomic E-state index is 4.69. The van der Waals surface area contributed by atoms with Crippen molar-refractivity contribution in [3.8, 4) is 0 Å². The summed E-state index contributed by atoms with van der Waals surface area (Å²) in [5.74, 6) is 0. The van der Waals surface area contributed by atoms with Crippen LogP contribution in [0.3, 0.4) is 0 Å². The van der Waals surface area contributed by atoms with Gasteiger partial charge in [-0.25, -0.2) is 4.98 Å². The van der Waals surface area contributed by atoms with Gasteiger partial charge in [0.1, 0.15) is 0 Å². The molecule has 0 saturated carbocycles. The fraction of sp³-hybridized carbons (Fsp3) is 0.133. The lowest BCUT2D eigenvalue weighted by molar-refractivity contribution is 1.33. The van der Waals surface area contributed by atoms with E-state index in [-0.39, 0.29) is 0 Å². The van der Waals surface area contributed by atoms with Crippen molar-refractivity contribution in [1.82, 2.24) is 4.98 Å². The molecule has 0 atom stereocenters. The zero-order valence-electron chi connectivity index (χ0n) is 10.1. The molecular weight excluding hydrogens is 226 g/mol. The summed E-state index contributed by atoms with van der Waals surface area (Å²) < 4.78 is 0. The highest BCUT2D eigenvalue weighted by Crippen LogP contribution is 2.27. The summed E-state index contributed by atoms with van der Waals surface area (Å²) in [5.41, 5.74) is 3.33. The second-order valence-electron chi connectivity index (χ2n) is 3.81. The summed E-state index contributed by atoms with van der Waals surface area (Å²) in [6.45, 7) is 5.87. The molecule has 0 fully saturated rings. The third-order valence-electron chi connectivity index (χ3n) is 2.66. The molecule has 0 unspecified atom stereocenters. The van der Waals surface area contributed by atoms with E-state index in [1.54, 1.807) is 17.8 Å². The number of rotatable bonds is 3. The molecule has 0 aliphatic carbocycles. The van der Waals surface area contributed by atoms with Crippen molar-refractivity contribution in [2.24, 2.45) is 0 Å².